The molecule has 11 nitrogen and oxygen atoms in total. The number of hydrogen-bond donors (Lipinski definition) is 1. The molecule has 214 valence electrons. The van der Waals surface area contributed by atoms with Crippen molar-refractivity contribution in [1.29, 1.82) is 10.5 Å². The molecule has 0 aliphatic heterocycles. The number of pyridine rings is 1. The molecule has 0 aliphatic rings. The smallest absolute Gasteiger partial charge is 0.296 e. The molecule has 4 rings (SSSR count). The minimum Gasteiger partial charge on any atom is -0.493 e. The SMILES string of the molecule is COCC(c1cccc(C#N)c1)n1c(COC(C)C)nc(=O)c(S(=O)(=O)c2ccc(-c3cnccc3C#N)cc2)c1O. The van der Waals surface area contributed by atoms with E-state index in [1.165, 1.54) is 48.3 Å². The van der Waals surface area contributed by atoms with Crippen LogP contribution in [0.5, 0.6) is 5.88 Å². The highest BCUT2D eigenvalue weighted by Crippen LogP contribution is 2.33. The van der Waals surface area contributed by atoms with E-state index in [0.29, 0.717) is 27.8 Å². The van der Waals surface area contributed by atoms with Crippen LogP contribution in [-0.4, -0.2) is 47.9 Å². The highest BCUT2D eigenvalue weighted by molar-refractivity contribution is 7.91. The second-order valence-corrected chi connectivity index (χ2v) is 11.4. The molecule has 2 aromatic carbocycles. The highest BCUT2D eigenvalue weighted by atomic mass is 32.2. The van der Waals surface area contributed by atoms with Crippen LogP contribution < -0.4 is 5.56 Å². The van der Waals surface area contributed by atoms with Crippen molar-refractivity contribution in [3.8, 4) is 29.1 Å². The molecule has 4 aromatic rings. The molecular formula is C30H27N5O6S. The first kappa shape index (κ1) is 30.1. The zero-order valence-electron chi connectivity index (χ0n) is 23.1. The van der Waals surface area contributed by atoms with E-state index in [9.17, 15) is 28.8 Å². The van der Waals surface area contributed by atoms with Gasteiger partial charge in [0.1, 0.15) is 12.4 Å². The van der Waals surface area contributed by atoms with Crippen molar-refractivity contribution in [3.63, 3.8) is 0 Å². The fourth-order valence-electron chi connectivity index (χ4n) is 4.40. The Kier molecular flexibility index (Phi) is 9.13. The Bertz CT molecular complexity index is 1860. The topological polar surface area (TPSA) is 168 Å². The van der Waals surface area contributed by atoms with E-state index >= 15 is 0 Å². The molecule has 0 bridgehead atoms. The third-order valence-corrected chi connectivity index (χ3v) is 8.19. The number of ether oxygens (including phenoxy) is 2. The molecule has 42 heavy (non-hydrogen) atoms. The number of hydrogen-bond acceptors (Lipinski definition) is 10. The second kappa shape index (κ2) is 12.7. The van der Waals surface area contributed by atoms with Crippen LogP contribution in [0.2, 0.25) is 0 Å². The lowest BCUT2D eigenvalue weighted by atomic mass is 10.0. The summed E-state index contributed by atoms with van der Waals surface area (Å²) in [6.07, 6.45) is 2.71. The first-order chi connectivity index (χ1) is 20.1. The van der Waals surface area contributed by atoms with Crippen LogP contribution in [0, 0.1) is 22.7 Å². The Labute approximate surface area is 242 Å². The Hall–Kier alpha value is -4.88. The summed E-state index contributed by atoms with van der Waals surface area (Å²) in [5.74, 6) is -0.865. The number of nitriles is 2. The van der Waals surface area contributed by atoms with Crippen molar-refractivity contribution in [3.05, 3.63) is 99.9 Å². The average Bonchev–Trinajstić information content (AvgIpc) is 2.99. The number of methoxy groups -OCH3 is 1. The van der Waals surface area contributed by atoms with Gasteiger partial charge in [-0.15, -0.1) is 0 Å². The summed E-state index contributed by atoms with van der Waals surface area (Å²) < 4.78 is 39.9. The molecular weight excluding hydrogens is 558 g/mol. The van der Waals surface area contributed by atoms with E-state index in [1.807, 2.05) is 0 Å². The summed E-state index contributed by atoms with van der Waals surface area (Å²) in [6, 6.07) is 16.8. The van der Waals surface area contributed by atoms with Crippen LogP contribution >= 0.6 is 0 Å². The van der Waals surface area contributed by atoms with Crippen molar-refractivity contribution in [1.82, 2.24) is 14.5 Å². The minimum atomic E-state index is -4.59. The van der Waals surface area contributed by atoms with Crippen molar-refractivity contribution in [2.24, 2.45) is 0 Å². The first-order valence-corrected chi connectivity index (χ1v) is 14.2. The summed E-state index contributed by atoms with van der Waals surface area (Å²) >= 11 is 0. The van der Waals surface area contributed by atoms with Gasteiger partial charge in [0.2, 0.25) is 15.7 Å². The number of benzene rings is 2. The summed E-state index contributed by atoms with van der Waals surface area (Å²) in [4.78, 5) is 20.1. The minimum absolute atomic E-state index is 0.0227. The summed E-state index contributed by atoms with van der Waals surface area (Å²) in [6.45, 7) is 3.29. The molecule has 0 fully saturated rings. The molecule has 1 unspecified atom stereocenters. The third-order valence-electron chi connectivity index (χ3n) is 6.40. The van der Waals surface area contributed by atoms with Gasteiger partial charge >= 0.3 is 0 Å². The van der Waals surface area contributed by atoms with E-state index in [0.717, 1.165) is 0 Å². The Balaban J connectivity index is 1.90. The van der Waals surface area contributed by atoms with Gasteiger partial charge in [-0.1, -0.05) is 24.3 Å². The lowest BCUT2D eigenvalue weighted by Crippen LogP contribution is -2.29. The van der Waals surface area contributed by atoms with Gasteiger partial charge in [-0.05, 0) is 55.3 Å². The normalized spacial score (nSPS) is 12.0. The molecule has 1 atom stereocenters. The molecule has 0 saturated heterocycles. The number of aromatic nitrogens is 3. The fraction of sp³-hybridized carbons (Fsp3) is 0.233. The summed E-state index contributed by atoms with van der Waals surface area (Å²) in [7, 11) is -3.16. The molecule has 2 heterocycles. The molecule has 2 aromatic heterocycles. The molecule has 0 spiro atoms. The third kappa shape index (κ3) is 6.06. The van der Waals surface area contributed by atoms with Gasteiger partial charge in [-0.25, -0.2) is 8.42 Å². The van der Waals surface area contributed by atoms with Crippen molar-refractivity contribution in [2.45, 2.75) is 42.4 Å². The van der Waals surface area contributed by atoms with E-state index in [-0.39, 0.29) is 30.0 Å². The second-order valence-electron chi connectivity index (χ2n) is 9.48. The van der Waals surface area contributed by atoms with Crippen LogP contribution in [-0.2, 0) is 25.9 Å². The molecule has 0 radical (unpaired) electrons. The summed E-state index contributed by atoms with van der Waals surface area (Å²) in [5, 5.41) is 30.4. The number of aromatic hydroxyl groups is 1. The first-order valence-electron chi connectivity index (χ1n) is 12.8. The Morgan fingerprint density at radius 1 is 1.07 bits per heavy atom. The van der Waals surface area contributed by atoms with Crippen LogP contribution in [0.15, 0.2) is 81.6 Å². The van der Waals surface area contributed by atoms with Crippen LogP contribution in [0.1, 0.15) is 42.4 Å². The lowest BCUT2D eigenvalue weighted by molar-refractivity contribution is 0.0554. The summed E-state index contributed by atoms with van der Waals surface area (Å²) in [5.41, 5.74) is 1.10. The number of sulfone groups is 1. The number of nitrogens with zero attached hydrogens (tertiary/aromatic N) is 5. The maximum atomic E-state index is 13.8. The van der Waals surface area contributed by atoms with Crippen molar-refractivity contribution < 1.29 is 23.0 Å². The predicted molar refractivity (Wildman–Crippen MR) is 151 cm³/mol. The molecule has 0 aliphatic carbocycles. The van der Waals surface area contributed by atoms with Crippen molar-refractivity contribution in [2.75, 3.05) is 13.7 Å². The van der Waals surface area contributed by atoms with E-state index in [1.54, 1.807) is 44.2 Å². The van der Waals surface area contributed by atoms with E-state index in [4.69, 9.17) is 9.47 Å². The molecule has 12 heteroatoms. The van der Waals surface area contributed by atoms with Gasteiger partial charge in [0.15, 0.2) is 4.90 Å². The van der Waals surface area contributed by atoms with Gasteiger partial charge < -0.3 is 14.6 Å². The van der Waals surface area contributed by atoms with E-state index in [2.05, 4.69) is 22.1 Å². The van der Waals surface area contributed by atoms with Crippen molar-refractivity contribution >= 4 is 9.84 Å². The monoisotopic (exact) mass is 585 g/mol. The van der Waals surface area contributed by atoms with E-state index < -0.39 is 32.2 Å². The van der Waals surface area contributed by atoms with Gasteiger partial charge in [0.25, 0.3) is 5.56 Å². The number of rotatable bonds is 10. The maximum absolute atomic E-state index is 13.8. The largest absolute Gasteiger partial charge is 0.493 e. The average molecular weight is 586 g/mol. The quantitative estimate of drug-likeness (QED) is 0.289. The Morgan fingerprint density at radius 2 is 1.81 bits per heavy atom. The van der Waals surface area contributed by atoms with Crippen LogP contribution in [0.4, 0.5) is 0 Å². The fourth-order valence-corrected chi connectivity index (χ4v) is 5.75. The van der Waals surface area contributed by atoms with Crippen LogP contribution in [0.25, 0.3) is 11.1 Å². The van der Waals surface area contributed by atoms with Gasteiger partial charge in [-0.3, -0.25) is 14.3 Å². The lowest BCUT2D eigenvalue weighted by Gasteiger charge is -2.26. The maximum Gasteiger partial charge on any atom is 0.296 e. The standard InChI is InChI=1S/C30H27N5O6S/c1-19(2)41-18-27-34-29(36)28(30(37)35(27)26(17-40-3)22-6-4-5-20(13-22)14-31)42(38,39)24-9-7-21(8-10-24)25-16-33-12-11-23(25)15-32/h4-13,16,19,26,37H,17-18H2,1-3H3. The van der Waals surface area contributed by atoms with Gasteiger partial charge in [-0.2, -0.15) is 15.5 Å². The zero-order valence-corrected chi connectivity index (χ0v) is 23.9. The van der Waals surface area contributed by atoms with Crippen LogP contribution in [0.3, 0.4) is 0 Å². The molecule has 1 N–H and O–H groups in total. The Morgan fingerprint density at radius 3 is 2.45 bits per heavy atom. The highest BCUT2D eigenvalue weighted by Gasteiger charge is 2.32. The zero-order chi connectivity index (χ0) is 30.4. The molecule has 0 saturated carbocycles. The predicted octanol–water partition coefficient (Wildman–Crippen LogP) is 3.75. The van der Waals surface area contributed by atoms with Gasteiger partial charge in [0, 0.05) is 25.1 Å². The van der Waals surface area contributed by atoms with Gasteiger partial charge in [0.05, 0.1) is 46.9 Å². The molecule has 0 amide bonds.